The molecule has 92 valence electrons. The third kappa shape index (κ3) is 1.95. The van der Waals surface area contributed by atoms with E-state index < -0.39 is 0 Å². The zero-order chi connectivity index (χ0) is 11.9. The van der Waals surface area contributed by atoms with E-state index in [1.54, 1.807) is 0 Å². The number of hydrogen-bond donors (Lipinski definition) is 1. The van der Waals surface area contributed by atoms with Crippen molar-refractivity contribution in [1.82, 2.24) is 5.32 Å². The molecular formula is C14H19NOS. The van der Waals surface area contributed by atoms with Crippen molar-refractivity contribution in [3.05, 3.63) is 29.8 Å². The normalized spacial score (nSPS) is 30.7. The van der Waals surface area contributed by atoms with Gasteiger partial charge in [0, 0.05) is 12.0 Å². The zero-order valence-electron chi connectivity index (χ0n) is 10.5. The van der Waals surface area contributed by atoms with Crippen molar-refractivity contribution in [3.63, 3.8) is 0 Å². The predicted molar refractivity (Wildman–Crippen MR) is 72.5 cm³/mol. The van der Waals surface area contributed by atoms with Gasteiger partial charge in [0.2, 0.25) is 0 Å². The van der Waals surface area contributed by atoms with E-state index in [-0.39, 0.29) is 10.5 Å². The zero-order valence-corrected chi connectivity index (χ0v) is 11.3. The fourth-order valence-electron chi connectivity index (χ4n) is 2.86. The molecule has 1 spiro atoms. The Labute approximate surface area is 107 Å². The molecule has 2 nitrogen and oxygen atoms in total. The molecule has 2 aliphatic rings. The maximum atomic E-state index is 6.09. The van der Waals surface area contributed by atoms with E-state index >= 15 is 0 Å². The van der Waals surface area contributed by atoms with Crippen LogP contribution in [0.3, 0.4) is 0 Å². The van der Waals surface area contributed by atoms with Crippen molar-refractivity contribution in [2.45, 2.75) is 37.2 Å². The molecule has 1 fully saturated rings. The lowest BCUT2D eigenvalue weighted by molar-refractivity contribution is 0.0573. The maximum absolute atomic E-state index is 6.09. The maximum Gasteiger partial charge on any atom is 0.126 e. The molecule has 0 saturated carbocycles. The first-order chi connectivity index (χ1) is 8.11. The molecule has 1 aromatic rings. The van der Waals surface area contributed by atoms with E-state index in [4.69, 9.17) is 4.74 Å². The van der Waals surface area contributed by atoms with Gasteiger partial charge in [0.05, 0.1) is 4.87 Å². The summed E-state index contributed by atoms with van der Waals surface area (Å²) in [5, 5.41) is 3.73. The van der Waals surface area contributed by atoms with Crippen LogP contribution < -0.4 is 10.1 Å². The van der Waals surface area contributed by atoms with Crippen molar-refractivity contribution < 1.29 is 4.74 Å². The second kappa shape index (κ2) is 3.92. The van der Waals surface area contributed by atoms with Crippen LogP contribution >= 0.6 is 11.8 Å². The van der Waals surface area contributed by atoms with Crippen LogP contribution in [0.2, 0.25) is 0 Å². The lowest BCUT2D eigenvalue weighted by Crippen LogP contribution is -2.52. The minimum absolute atomic E-state index is 0.0661. The SMILES string of the molecule is CC1(C)CC2(NCCCS2)c2ccccc2O1. The van der Waals surface area contributed by atoms with E-state index in [2.05, 4.69) is 43.4 Å². The Morgan fingerprint density at radius 3 is 2.88 bits per heavy atom. The van der Waals surface area contributed by atoms with Gasteiger partial charge in [0.25, 0.3) is 0 Å². The number of benzene rings is 1. The van der Waals surface area contributed by atoms with Crippen molar-refractivity contribution in [1.29, 1.82) is 0 Å². The predicted octanol–water partition coefficient (Wildman–Crippen LogP) is 3.13. The summed E-state index contributed by atoms with van der Waals surface area (Å²) in [4.78, 5) is 0.0661. The molecule has 0 aromatic heterocycles. The topological polar surface area (TPSA) is 21.3 Å². The number of para-hydroxylation sites is 1. The lowest BCUT2D eigenvalue weighted by Gasteiger charge is -2.47. The molecule has 3 rings (SSSR count). The molecule has 1 N–H and O–H groups in total. The van der Waals surface area contributed by atoms with E-state index in [0.717, 1.165) is 18.7 Å². The first-order valence-corrected chi connectivity index (χ1v) is 7.27. The van der Waals surface area contributed by atoms with Gasteiger partial charge in [-0.1, -0.05) is 18.2 Å². The number of thioether (sulfide) groups is 1. The molecular weight excluding hydrogens is 230 g/mol. The molecule has 3 heteroatoms. The van der Waals surface area contributed by atoms with Gasteiger partial charge in [-0.15, -0.1) is 11.8 Å². The lowest BCUT2D eigenvalue weighted by atomic mass is 9.88. The first kappa shape index (κ1) is 11.4. The van der Waals surface area contributed by atoms with Gasteiger partial charge < -0.3 is 4.74 Å². The fraction of sp³-hybridized carbons (Fsp3) is 0.571. The van der Waals surface area contributed by atoms with Crippen LogP contribution in [0.15, 0.2) is 24.3 Å². The highest BCUT2D eigenvalue weighted by Gasteiger charge is 2.46. The Balaban J connectivity index is 2.08. The molecule has 1 atom stereocenters. The highest BCUT2D eigenvalue weighted by atomic mass is 32.2. The highest BCUT2D eigenvalue weighted by Crippen LogP contribution is 2.50. The summed E-state index contributed by atoms with van der Waals surface area (Å²) in [5.41, 5.74) is 1.23. The van der Waals surface area contributed by atoms with Crippen LogP contribution in [-0.4, -0.2) is 17.9 Å². The Morgan fingerprint density at radius 1 is 1.29 bits per heavy atom. The summed E-state index contributed by atoms with van der Waals surface area (Å²) in [5.74, 6) is 2.28. The van der Waals surface area contributed by atoms with Crippen molar-refractivity contribution in [2.75, 3.05) is 12.3 Å². The molecule has 1 aromatic carbocycles. The largest absolute Gasteiger partial charge is 0.487 e. The van der Waals surface area contributed by atoms with Crippen molar-refractivity contribution >= 4 is 11.8 Å². The Morgan fingerprint density at radius 2 is 2.12 bits per heavy atom. The van der Waals surface area contributed by atoms with Gasteiger partial charge in [-0.25, -0.2) is 0 Å². The number of hydrogen-bond acceptors (Lipinski definition) is 3. The molecule has 0 aliphatic carbocycles. The highest BCUT2D eigenvalue weighted by molar-refractivity contribution is 8.00. The van der Waals surface area contributed by atoms with Gasteiger partial charge in [-0.05, 0) is 38.6 Å². The van der Waals surface area contributed by atoms with E-state index in [1.165, 1.54) is 17.7 Å². The molecule has 2 heterocycles. The minimum atomic E-state index is -0.0916. The average Bonchev–Trinajstić information content (AvgIpc) is 2.28. The van der Waals surface area contributed by atoms with Gasteiger partial charge in [0.1, 0.15) is 11.4 Å². The molecule has 0 radical (unpaired) electrons. The third-order valence-electron chi connectivity index (χ3n) is 3.46. The van der Waals surface area contributed by atoms with Crippen LogP contribution in [0.5, 0.6) is 5.75 Å². The van der Waals surface area contributed by atoms with Crippen LogP contribution in [-0.2, 0) is 4.87 Å². The van der Waals surface area contributed by atoms with Gasteiger partial charge >= 0.3 is 0 Å². The summed E-state index contributed by atoms with van der Waals surface area (Å²) < 4.78 is 6.09. The molecule has 0 amide bonds. The summed E-state index contributed by atoms with van der Waals surface area (Å²) in [7, 11) is 0. The smallest absolute Gasteiger partial charge is 0.126 e. The Kier molecular flexibility index (Phi) is 2.64. The standard InChI is InChI=1S/C14H19NOS/c1-13(2)10-14(15-8-5-9-17-14)11-6-3-4-7-12(11)16-13/h3-4,6-7,15H,5,8-10H2,1-2H3. The Bertz CT molecular complexity index is 424. The minimum Gasteiger partial charge on any atom is -0.487 e. The van der Waals surface area contributed by atoms with Crippen LogP contribution in [0, 0.1) is 0 Å². The van der Waals surface area contributed by atoms with Gasteiger partial charge in [-0.3, -0.25) is 5.32 Å². The number of rotatable bonds is 0. The van der Waals surface area contributed by atoms with Gasteiger partial charge in [0.15, 0.2) is 0 Å². The average molecular weight is 249 g/mol. The third-order valence-corrected chi connectivity index (χ3v) is 4.96. The molecule has 1 unspecified atom stereocenters. The first-order valence-electron chi connectivity index (χ1n) is 6.29. The molecule has 17 heavy (non-hydrogen) atoms. The van der Waals surface area contributed by atoms with Gasteiger partial charge in [-0.2, -0.15) is 0 Å². The quantitative estimate of drug-likeness (QED) is 0.763. The van der Waals surface area contributed by atoms with Crippen LogP contribution in [0.1, 0.15) is 32.3 Å². The Hall–Kier alpha value is -0.670. The summed E-state index contributed by atoms with van der Waals surface area (Å²) in [6.45, 7) is 5.47. The second-order valence-corrected chi connectivity index (χ2v) is 6.88. The van der Waals surface area contributed by atoms with Crippen molar-refractivity contribution in [2.24, 2.45) is 0 Å². The van der Waals surface area contributed by atoms with Crippen molar-refractivity contribution in [3.8, 4) is 5.75 Å². The summed E-state index contributed by atoms with van der Waals surface area (Å²) in [6, 6.07) is 8.46. The molecule has 1 saturated heterocycles. The van der Waals surface area contributed by atoms with E-state index in [0.29, 0.717) is 0 Å². The number of fused-ring (bicyclic) bond motifs is 2. The van der Waals surface area contributed by atoms with Crippen LogP contribution in [0.25, 0.3) is 0 Å². The number of nitrogens with one attached hydrogen (secondary N) is 1. The second-order valence-electron chi connectivity index (χ2n) is 5.49. The molecule has 2 aliphatic heterocycles. The number of ether oxygens (including phenoxy) is 1. The summed E-state index contributed by atoms with van der Waals surface area (Å²) >= 11 is 2.04. The summed E-state index contributed by atoms with van der Waals surface area (Å²) in [6.07, 6.45) is 2.29. The fourth-order valence-corrected chi connectivity index (χ4v) is 4.48. The monoisotopic (exact) mass is 249 g/mol. The molecule has 0 bridgehead atoms. The van der Waals surface area contributed by atoms with Crippen LogP contribution in [0.4, 0.5) is 0 Å². The van der Waals surface area contributed by atoms with E-state index in [1.807, 2.05) is 11.8 Å². The van der Waals surface area contributed by atoms with E-state index in [9.17, 15) is 0 Å².